The van der Waals surface area contributed by atoms with Crippen molar-refractivity contribution in [2.75, 3.05) is 0 Å². The molecule has 616 valence electrons. The van der Waals surface area contributed by atoms with Crippen LogP contribution in [0.3, 0.4) is 0 Å². The van der Waals surface area contributed by atoms with Crippen LogP contribution in [0.1, 0.15) is 151 Å². The molecule has 0 aliphatic carbocycles. The zero-order valence-electron chi connectivity index (χ0n) is 70.2. The standard InChI is InChI=1S/C24H26N4O3.2C24H26N4O2.C23H24N4O2/c1-14(2)31-18(12-17-8-6-5-7-9-17)13-28-20-11-16(4)15(3)10-19(20)25-21-22(28)26-24(30)27-23(21)29;1-4-7-18-14-20-19(13-16(18)3)25-21-22(26-24(30)27-23(21)29)28(20)11-6-10-17-9-5-8-15(2)12-17;1-4-6-18-14-19-20(13-16(18)3)28(12-5-7-17-10-8-15(2)9-11-17)22-21(25-19)23(29)27-24(30)26-22;1-3-5-17-11-12-19-18(14-17)24-20-21(25-23(29)26-22(20)28)27(19)13-4-6-16-9-7-15(2)8-10-16/h5-11,14,18H,12-13H2,1-4H3,(H,27,29,30);5,8-9,12-14H,4,6-7,10-11H2,1-3H3,(H,27,29,30);8-11,13-14H,4-7,12H2,1-3H3,(H,27,29,30);7-12,14H,3-6,13H2,1-2H3,(H,26,28,29). The van der Waals surface area contributed by atoms with Gasteiger partial charge in [0.15, 0.2) is 46.1 Å². The van der Waals surface area contributed by atoms with Gasteiger partial charge in [0.1, 0.15) is 0 Å². The van der Waals surface area contributed by atoms with Crippen molar-refractivity contribution < 1.29 is 4.74 Å². The van der Waals surface area contributed by atoms with Crippen LogP contribution < -0.4 is 45.0 Å². The fourth-order valence-corrected chi connectivity index (χ4v) is 15.6. The quantitative estimate of drug-likeness (QED) is 0.0408. The van der Waals surface area contributed by atoms with Crippen LogP contribution in [0.4, 0.5) is 0 Å². The van der Waals surface area contributed by atoms with Crippen molar-refractivity contribution in [1.82, 2.24) is 78.1 Å². The van der Waals surface area contributed by atoms with Crippen molar-refractivity contribution in [3.05, 3.63) is 319 Å². The Morgan fingerprint density at radius 2 is 0.700 bits per heavy atom. The second-order valence-electron chi connectivity index (χ2n) is 31.5. The van der Waals surface area contributed by atoms with Gasteiger partial charge in [-0.05, 0) is 230 Å². The minimum absolute atomic E-state index is 0.0177. The number of nitrogens with zero attached hydrogens (tertiary/aromatic N) is 12. The second kappa shape index (κ2) is 38.1. The van der Waals surface area contributed by atoms with Gasteiger partial charge in [0.05, 0.1) is 62.9 Å². The van der Waals surface area contributed by atoms with Crippen LogP contribution in [-0.2, 0) is 75.9 Å². The lowest BCUT2D eigenvalue weighted by Crippen LogP contribution is -2.32. The number of fused-ring (bicyclic) bond motifs is 8. The van der Waals surface area contributed by atoms with Crippen LogP contribution in [0.2, 0.25) is 0 Å². The third-order valence-electron chi connectivity index (χ3n) is 21.6. The first-order valence-electron chi connectivity index (χ1n) is 41.4. The second-order valence-corrected chi connectivity index (χ2v) is 31.5. The first-order valence-corrected chi connectivity index (χ1v) is 41.4. The molecule has 25 heteroatoms. The normalized spacial score (nSPS) is 11.7. The smallest absolute Gasteiger partial charge is 0.349 e. The Bertz CT molecular complexity index is 6760. The summed E-state index contributed by atoms with van der Waals surface area (Å²) in [6.07, 6.45) is 11.8. The van der Waals surface area contributed by atoms with E-state index in [2.05, 4.69) is 224 Å². The molecule has 25 nitrogen and oxygen atoms in total. The van der Waals surface area contributed by atoms with Gasteiger partial charge in [0.25, 0.3) is 22.2 Å². The number of hydrogen-bond acceptors (Lipinski definition) is 17. The van der Waals surface area contributed by atoms with Crippen molar-refractivity contribution in [2.45, 2.75) is 205 Å². The van der Waals surface area contributed by atoms with Crippen LogP contribution in [0.25, 0.3) is 90.2 Å². The molecule has 16 rings (SSSR count). The van der Waals surface area contributed by atoms with Gasteiger partial charge in [-0.3, -0.25) is 39.1 Å². The minimum atomic E-state index is -0.680. The van der Waals surface area contributed by atoms with Crippen LogP contribution >= 0.6 is 0 Å². The molecule has 1 atom stereocenters. The van der Waals surface area contributed by atoms with Gasteiger partial charge in [-0.2, -0.15) is 19.9 Å². The summed E-state index contributed by atoms with van der Waals surface area (Å²) < 4.78 is 14.1. The highest BCUT2D eigenvalue weighted by atomic mass is 16.5. The monoisotopic (exact) mass is 1610 g/mol. The molecular weight excluding hydrogens is 1510 g/mol. The average Bonchev–Trinajstić information content (AvgIpc) is 0.769. The van der Waals surface area contributed by atoms with Gasteiger partial charge in [-0.15, -0.1) is 0 Å². The minimum Gasteiger partial charge on any atom is -0.373 e. The van der Waals surface area contributed by atoms with E-state index in [1.165, 1.54) is 55.6 Å². The van der Waals surface area contributed by atoms with Crippen LogP contribution in [0.5, 0.6) is 0 Å². The predicted molar refractivity (Wildman–Crippen MR) is 474 cm³/mol. The molecule has 0 saturated carbocycles. The molecule has 0 fully saturated rings. The zero-order chi connectivity index (χ0) is 85.0. The number of aromatic nitrogens is 16. The van der Waals surface area contributed by atoms with Gasteiger partial charge >= 0.3 is 22.8 Å². The van der Waals surface area contributed by atoms with E-state index < -0.39 is 45.0 Å². The number of rotatable bonds is 24. The molecule has 1 unspecified atom stereocenters. The number of hydrogen-bond donors (Lipinski definition) is 4. The van der Waals surface area contributed by atoms with Crippen molar-refractivity contribution in [3.8, 4) is 46.1 Å². The third kappa shape index (κ3) is 20.2. The number of benzene rings is 8. The molecule has 8 heterocycles. The molecule has 8 aromatic rings. The summed E-state index contributed by atoms with van der Waals surface area (Å²) in [5.41, 5.74) is 19.5. The molecule has 0 saturated heterocycles. The van der Waals surface area contributed by atoms with E-state index in [-0.39, 0.29) is 40.8 Å². The largest absolute Gasteiger partial charge is 0.373 e. The Hall–Kier alpha value is -13.2. The Balaban J connectivity index is 0.000000138. The summed E-state index contributed by atoms with van der Waals surface area (Å²) in [6, 6.07) is 54.1. The van der Waals surface area contributed by atoms with Crippen LogP contribution in [0, 0.1) is 48.5 Å². The lowest BCUT2D eigenvalue weighted by Gasteiger charge is -2.25. The van der Waals surface area contributed by atoms with Gasteiger partial charge in [-0.25, -0.2) is 39.1 Å². The first kappa shape index (κ1) is 84.7. The fourth-order valence-electron chi connectivity index (χ4n) is 15.6. The van der Waals surface area contributed by atoms with Crippen LogP contribution in [-0.4, -0.2) is 90.3 Å². The fraction of sp³-hybridized carbons (Fsp3) is 0.326. The van der Waals surface area contributed by atoms with Gasteiger partial charge < -0.3 is 23.0 Å². The van der Waals surface area contributed by atoms with E-state index in [9.17, 15) is 38.4 Å². The lowest BCUT2D eigenvalue weighted by molar-refractivity contribution is -0.000465. The average molecular weight is 1610 g/mol. The SMILES string of the molecule is CCCc1cc2c(cc1C)nc1c(=O)[nH]c(=O)nc-1n2CCCc1cccc(C)c1.CCCc1cc2nc3c(=O)[nH]c(=O)nc-3n(CCCc3ccc(C)cc3)c2cc1C.CCCc1ccc2c(c1)nc1c(=O)[nH]c(=O)nc-1n2CCCc1ccc(C)cc1.Cc1cc2nc3c(=O)[nH]c(=O)nc-3n(CC(Cc3ccccc3)OC(C)C)c2cc1C. The first-order chi connectivity index (χ1) is 57.8. The van der Waals surface area contributed by atoms with E-state index in [1.807, 2.05) is 94.5 Å². The molecule has 8 aromatic carbocycles. The summed E-state index contributed by atoms with van der Waals surface area (Å²) in [7, 11) is 0. The number of H-pyrrole nitrogens is 4. The highest BCUT2D eigenvalue weighted by Gasteiger charge is 2.26. The van der Waals surface area contributed by atoms with E-state index in [1.54, 1.807) is 0 Å². The zero-order valence-corrected chi connectivity index (χ0v) is 70.2. The Morgan fingerprint density at radius 1 is 0.325 bits per heavy atom. The summed E-state index contributed by atoms with van der Waals surface area (Å²) in [4.78, 5) is 141. The topological polar surface area (TPSA) is 332 Å². The number of ether oxygens (including phenoxy) is 1. The van der Waals surface area contributed by atoms with Crippen molar-refractivity contribution in [1.29, 1.82) is 0 Å². The Morgan fingerprint density at radius 3 is 1.18 bits per heavy atom. The highest BCUT2D eigenvalue weighted by Crippen LogP contribution is 2.31. The summed E-state index contributed by atoms with van der Waals surface area (Å²) in [5.74, 6) is 1.32. The molecule has 8 aliphatic rings. The van der Waals surface area contributed by atoms with Crippen molar-refractivity contribution in [3.63, 3.8) is 0 Å². The molecular formula is C95H102N16O9. The molecule has 0 amide bonds. The lowest BCUT2D eigenvalue weighted by atomic mass is 10.0. The van der Waals surface area contributed by atoms with Gasteiger partial charge in [0, 0.05) is 26.1 Å². The van der Waals surface area contributed by atoms with E-state index in [4.69, 9.17) is 4.74 Å². The maximum atomic E-state index is 12.5. The molecule has 0 aromatic heterocycles. The number of aromatic amines is 4. The molecule has 0 spiro atoms. The maximum Gasteiger partial charge on any atom is 0.349 e. The van der Waals surface area contributed by atoms with Crippen molar-refractivity contribution >= 4 is 44.1 Å². The molecule has 4 N–H and O–H groups in total. The maximum absolute atomic E-state index is 12.5. The Kier molecular flexibility index (Phi) is 26.9. The summed E-state index contributed by atoms with van der Waals surface area (Å²) >= 11 is 0. The number of aryl methyl sites for hydroxylation is 16. The van der Waals surface area contributed by atoms with E-state index in [0.29, 0.717) is 55.6 Å². The summed E-state index contributed by atoms with van der Waals surface area (Å²) in [6.45, 7) is 27.2. The van der Waals surface area contributed by atoms with E-state index in [0.717, 1.165) is 138 Å². The van der Waals surface area contributed by atoms with Crippen molar-refractivity contribution in [2.24, 2.45) is 0 Å². The third-order valence-corrected chi connectivity index (χ3v) is 21.6. The van der Waals surface area contributed by atoms with E-state index >= 15 is 0 Å². The number of nitrogens with one attached hydrogen (secondary N) is 4. The summed E-state index contributed by atoms with van der Waals surface area (Å²) in [5, 5.41) is 0. The molecule has 120 heavy (non-hydrogen) atoms. The predicted octanol–water partition coefficient (Wildman–Crippen LogP) is 14.3. The van der Waals surface area contributed by atoms with Gasteiger partial charge in [-0.1, -0.05) is 166 Å². The van der Waals surface area contributed by atoms with Crippen LogP contribution in [0.15, 0.2) is 196 Å². The Labute approximate surface area is 693 Å². The highest BCUT2D eigenvalue weighted by molar-refractivity contribution is 5.84. The van der Waals surface area contributed by atoms with Gasteiger partial charge in [0.2, 0.25) is 0 Å². The molecule has 0 bridgehead atoms. The molecule has 8 aliphatic heterocycles. The molecule has 0 radical (unpaired) electrons.